The van der Waals surface area contributed by atoms with Crippen LogP contribution in [-0.4, -0.2) is 17.1 Å². The van der Waals surface area contributed by atoms with Crippen molar-refractivity contribution in [3.8, 4) is 5.75 Å². The molecule has 5 heteroatoms. The van der Waals surface area contributed by atoms with Gasteiger partial charge < -0.3 is 15.8 Å². The Kier molecular flexibility index (Phi) is 3.97. The molecule has 0 fully saturated rings. The van der Waals surface area contributed by atoms with E-state index in [-0.39, 0.29) is 0 Å². The van der Waals surface area contributed by atoms with Gasteiger partial charge in [0.1, 0.15) is 16.6 Å². The van der Waals surface area contributed by atoms with Gasteiger partial charge in [-0.05, 0) is 31.2 Å². The smallest absolute Gasteiger partial charge is 0.142 e. The Morgan fingerprint density at radius 3 is 2.68 bits per heavy atom. The third-order valence-electron chi connectivity index (χ3n) is 2.66. The van der Waals surface area contributed by atoms with Gasteiger partial charge in [-0.2, -0.15) is 0 Å². The maximum absolute atomic E-state index is 5.71. The predicted octanol–water partition coefficient (Wildman–Crippen LogP) is 2.78. The molecule has 0 saturated heterocycles. The van der Waals surface area contributed by atoms with Crippen LogP contribution in [0.5, 0.6) is 5.75 Å². The molecule has 2 aromatic rings. The van der Waals surface area contributed by atoms with E-state index in [2.05, 4.69) is 10.3 Å². The van der Waals surface area contributed by atoms with Crippen LogP contribution >= 0.6 is 12.2 Å². The SMILES string of the molecule is COc1ccccc1Nc1nc(C)ccc1C(N)=S. The molecule has 98 valence electrons. The van der Waals surface area contributed by atoms with Crippen LogP contribution in [0, 0.1) is 6.92 Å². The van der Waals surface area contributed by atoms with Crippen LogP contribution in [0.3, 0.4) is 0 Å². The van der Waals surface area contributed by atoms with Crippen molar-refractivity contribution >= 4 is 28.7 Å². The minimum atomic E-state index is 0.310. The number of pyridine rings is 1. The summed E-state index contributed by atoms with van der Waals surface area (Å²) in [6, 6.07) is 11.3. The van der Waals surface area contributed by atoms with Crippen LogP contribution in [0.2, 0.25) is 0 Å². The highest BCUT2D eigenvalue weighted by atomic mass is 32.1. The zero-order chi connectivity index (χ0) is 13.8. The third-order valence-corrected chi connectivity index (χ3v) is 2.88. The molecule has 1 heterocycles. The van der Waals surface area contributed by atoms with Gasteiger partial charge in [0, 0.05) is 5.69 Å². The number of para-hydroxylation sites is 2. The molecule has 4 nitrogen and oxygen atoms in total. The highest BCUT2D eigenvalue weighted by Crippen LogP contribution is 2.27. The van der Waals surface area contributed by atoms with Gasteiger partial charge in [0.05, 0.1) is 18.4 Å². The topological polar surface area (TPSA) is 60.2 Å². The first kappa shape index (κ1) is 13.3. The molecule has 0 amide bonds. The Hall–Kier alpha value is -2.14. The lowest BCUT2D eigenvalue weighted by molar-refractivity contribution is 0.417. The van der Waals surface area contributed by atoms with E-state index < -0.39 is 0 Å². The molecule has 0 unspecified atom stereocenters. The van der Waals surface area contributed by atoms with Crippen LogP contribution in [0.25, 0.3) is 0 Å². The monoisotopic (exact) mass is 273 g/mol. The van der Waals surface area contributed by atoms with E-state index in [0.717, 1.165) is 17.1 Å². The molecule has 0 saturated carbocycles. The van der Waals surface area contributed by atoms with Crippen molar-refractivity contribution in [2.45, 2.75) is 6.92 Å². The largest absolute Gasteiger partial charge is 0.495 e. The Balaban J connectivity index is 2.42. The van der Waals surface area contributed by atoms with Crippen LogP contribution in [0.1, 0.15) is 11.3 Å². The van der Waals surface area contributed by atoms with E-state index in [1.807, 2.05) is 43.3 Å². The van der Waals surface area contributed by atoms with Gasteiger partial charge in [-0.1, -0.05) is 24.4 Å². The van der Waals surface area contributed by atoms with Crippen molar-refractivity contribution in [1.82, 2.24) is 4.98 Å². The first-order valence-corrected chi connectivity index (χ1v) is 6.20. The molecule has 0 aliphatic heterocycles. The number of ether oxygens (including phenoxy) is 1. The summed E-state index contributed by atoms with van der Waals surface area (Å²) in [5.74, 6) is 1.37. The first-order valence-electron chi connectivity index (χ1n) is 5.79. The molecule has 3 N–H and O–H groups in total. The highest BCUT2D eigenvalue weighted by molar-refractivity contribution is 7.80. The number of benzene rings is 1. The van der Waals surface area contributed by atoms with Crippen molar-refractivity contribution in [2.75, 3.05) is 12.4 Å². The molecule has 0 spiro atoms. The number of hydrogen-bond donors (Lipinski definition) is 2. The number of aryl methyl sites for hydroxylation is 1. The fourth-order valence-corrected chi connectivity index (χ4v) is 1.89. The van der Waals surface area contributed by atoms with Crippen LogP contribution in [-0.2, 0) is 0 Å². The minimum Gasteiger partial charge on any atom is -0.495 e. The standard InChI is InChI=1S/C14H15N3OS/c1-9-7-8-10(13(15)19)14(16-9)17-11-5-3-4-6-12(11)18-2/h3-8H,1-2H3,(H2,15,19)(H,16,17). The van der Waals surface area contributed by atoms with E-state index in [9.17, 15) is 0 Å². The molecule has 1 aromatic carbocycles. The quantitative estimate of drug-likeness (QED) is 0.839. The molecule has 2 rings (SSSR count). The Morgan fingerprint density at radius 2 is 2.00 bits per heavy atom. The summed E-state index contributed by atoms with van der Waals surface area (Å²) in [6.45, 7) is 1.91. The van der Waals surface area contributed by atoms with Crippen molar-refractivity contribution in [3.63, 3.8) is 0 Å². The van der Waals surface area contributed by atoms with Crippen molar-refractivity contribution in [3.05, 3.63) is 47.7 Å². The van der Waals surface area contributed by atoms with Crippen molar-refractivity contribution < 1.29 is 4.74 Å². The minimum absolute atomic E-state index is 0.310. The summed E-state index contributed by atoms with van der Waals surface area (Å²) < 4.78 is 5.29. The Morgan fingerprint density at radius 1 is 1.26 bits per heavy atom. The maximum Gasteiger partial charge on any atom is 0.142 e. The number of methoxy groups -OCH3 is 1. The van der Waals surface area contributed by atoms with E-state index in [1.165, 1.54) is 0 Å². The van der Waals surface area contributed by atoms with E-state index >= 15 is 0 Å². The second kappa shape index (κ2) is 5.67. The number of rotatable bonds is 4. The molecule has 0 radical (unpaired) electrons. The van der Waals surface area contributed by atoms with E-state index in [4.69, 9.17) is 22.7 Å². The Bertz CT molecular complexity index is 613. The Labute approximate surface area is 117 Å². The average molecular weight is 273 g/mol. The second-order valence-electron chi connectivity index (χ2n) is 4.04. The van der Waals surface area contributed by atoms with Crippen molar-refractivity contribution in [2.24, 2.45) is 5.73 Å². The molecular formula is C14H15N3OS. The number of thiocarbonyl (C=S) groups is 1. The van der Waals surface area contributed by atoms with Gasteiger partial charge in [-0.3, -0.25) is 0 Å². The summed E-state index contributed by atoms with van der Waals surface area (Å²) in [5, 5.41) is 3.21. The third kappa shape index (κ3) is 3.00. The summed E-state index contributed by atoms with van der Waals surface area (Å²) in [6.07, 6.45) is 0. The number of anilines is 2. The van der Waals surface area contributed by atoms with Gasteiger partial charge in [-0.15, -0.1) is 0 Å². The van der Waals surface area contributed by atoms with Gasteiger partial charge in [0.25, 0.3) is 0 Å². The number of hydrogen-bond acceptors (Lipinski definition) is 4. The highest BCUT2D eigenvalue weighted by Gasteiger charge is 2.09. The normalized spacial score (nSPS) is 10.0. The number of nitrogens with one attached hydrogen (secondary N) is 1. The zero-order valence-electron chi connectivity index (χ0n) is 10.8. The van der Waals surface area contributed by atoms with Crippen LogP contribution < -0.4 is 15.8 Å². The second-order valence-corrected chi connectivity index (χ2v) is 4.48. The summed E-state index contributed by atoms with van der Waals surface area (Å²) in [4.78, 5) is 4.74. The van der Waals surface area contributed by atoms with E-state index in [1.54, 1.807) is 7.11 Å². The predicted molar refractivity (Wildman–Crippen MR) is 81.1 cm³/mol. The average Bonchev–Trinajstić information content (AvgIpc) is 2.39. The van der Waals surface area contributed by atoms with Crippen LogP contribution in [0.15, 0.2) is 36.4 Å². The van der Waals surface area contributed by atoms with Gasteiger partial charge >= 0.3 is 0 Å². The van der Waals surface area contributed by atoms with Crippen molar-refractivity contribution in [1.29, 1.82) is 0 Å². The van der Waals surface area contributed by atoms with Gasteiger partial charge in [0.2, 0.25) is 0 Å². The fourth-order valence-electron chi connectivity index (χ4n) is 1.73. The maximum atomic E-state index is 5.71. The summed E-state index contributed by atoms with van der Waals surface area (Å²) in [7, 11) is 1.62. The molecular weight excluding hydrogens is 258 g/mol. The van der Waals surface area contributed by atoms with E-state index in [0.29, 0.717) is 16.4 Å². The lowest BCUT2D eigenvalue weighted by Crippen LogP contribution is -2.13. The summed E-state index contributed by atoms with van der Waals surface area (Å²) >= 11 is 5.04. The number of nitrogens with zero attached hydrogens (tertiary/aromatic N) is 1. The van der Waals surface area contributed by atoms with Gasteiger partial charge in [0.15, 0.2) is 0 Å². The van der Waals surface area contributed by atoms with Gasteiger partial charge in [-0.25, -0.2) is 4.98 Å². The first-order chi connectivity index (χ1) is 9.11. The molecule has 0 atom stereocenters. The summed E-state index contributed by atoms with van der Waals surface area (Å²) in [5.41, 5.74) is 8.13. The lowest BCUT2D eigenvalue weighted by Gasteiger charge is -2.13. The molecule has 0 aliphatic carbocycles. The molecule has 0 aliphatic rings. The molecule has 1 aromatic heterocycles. The molecule has 0 bridgehead atoms. The number of aromatic nitrogens is 1. The lowest BCUT2D eigenvalue weighted by atomic mass is 10.2. The molecule has 19 heavy (non-hydrogen) atoms. The fraction of sp³-hybridized carbons (Fsp3) is 0.143. The number of nitrogens with two attached hydrogens (primary N) is 1. The zero-order valence-corrected chi connectivity index (χ0v) is 11.6. The van der Waals surface area contributed by atoms with Crippen LogP contribution in [0.4, 0.5) is 11.5 Å².